The molecule has 3 aromatic rings. The third-order valence-electron chi connectivity index (χ3n) is 4.21. The standard InChI is InChI=1S/C18H20FN3O2S/c1-3-25(23,24)17-7-5-4-6-13(17)10-11-20-18-21-15-9-8-14(19)12-16(15)22(18)2/h4-9,12H,3,10-11H2,1-2H3,(H,20,21). The summed E-state index contributed by atoms with van der Waals surface area (Å²) in [6.07, 6.45) is 0.549. The first-order valence-corrected chi connectivity index (χ1v) is 9.74. The third kappa shape index (κ3) is 3.51. The summed E-state index contributed by atoms with van der Waals surface area (Å²) in [4.78, 5) is 4.82. The van der Waals surface area contributed by atoms with Gasteiger partial charge in [0.1, 0.15) is 5.82 Å². The van der Waals surface area contributed by atoms with E-state index in [1.54, 1.807) is 29.7 Å². The third-order valence-corrected chi connectivity index (χ3v) is 6.04. The number of hydrogen-bond acceptors (Lipinski definition) is 4. The molecule has 3 rings (SSSR count). The average Bonchev–Trinajstić information content (AvgIpc) is 2.91. The van der Waals surface area contributed by atoms with Gasteiger partial charge in [-0.3, -0.25) is 0 Å². The van der Waals surface area contributed by atoms with Crippen LogP contribution in [0, 0.1) is 5.82 Å². The van der Waals surface area contributed by atoms with E-state index in [0.29, 0.717) is 34.8 Å². The summed E-state index contributed by atoms with van der Waals surface area (Å²) in [7, 11) is -1.44. The van der Waals surface area contributed by atoms with Crippen LogP contribution in [0.15, 0.2) is 47.4 Å². The van der Waals surface area contributed by atoms with Crippen molar-refractivity contribution in [2.24, 2.45) is 7.05 Å². The van der Waals surface area contributed by atoms with Crippen LogP contribution in [0.2, 0.25) is 0 Å². The number of rotatable bonds is 6. The average molecular weight is 361 g/mol. The van der Waals surface area contributed by atoms with Crippen molar-refractivity contribution in [2.75, 3.05) is 17.6 Å². The van der Waals surface area contributed by atoms with E-state index in [1.165, 1.54) is 12.1 Å². The van der Waals surface area contributed by atoms with Gasteiger partial charge in [0.15, 0.2) is 9.84 Å². The number of benzene rings is 2. The molecule has 1 N–H and O–H groups in total. The molecule has 0 bridgehead atoms. The highest BCUT2D eigenvalue weighted by atomic mass is 32.2. The SMILES string of the molecule is CCS(=O)(=O)c1ccccc1CCNc1nc2ccc(F)cc2n1C. The van der Waals surface area contributed by atoms with Gasteiger partial charge < -0.3 is 9.88 Å². The highest BCUT2D eigenvalue weighted by Crippen LogP contribution is 2.20. The quantitative estimate of drug-likeness (QED) is 0.732. The second-order valence-electron chi connectivity index (χ2n) is 5.82. The molecule has 0 unspecified atom stereocenters. The van der Waals surface area contributed by atoms with E-state index in [4.69, 9.17) is 0 Å². The number of nitrogens with zero attached hydrogens (tertiary/aromatic N) is 2. The zero-order chi connectivity index (χ0) is 18.0. The van der Waals surface area contributed by atoms with E-state index < -0.39 is 9.84 Å². The topological polar surface area (TPSA) is 64.0 Å². The summed E-state index contributed by atoms with van der Waals surface area (Å²) in [6.45, 7) is 2.17. The zero-order valence-electron chi connectivity index (χ0n) is 14.2. The number of anilines is 1. The van der Waals surface area contributed by atoms with Crippen LogP contribution in [0.25, 0.3) is 11.0 Å². The first-order valence-electron chi connectivity index (χ1n) is 8.09. The maximum atomic E-state index is 13.4. The first kappa shape index (κ1) is 17.4. The molecule has 0 saturated carbocycles. The number of aromatic nitrogens is 2. The predicted molar refractivity (Wildman–Crippen MR) is 97.0 cm³/mol. The summed E-state index contributed by atoms with van der Waals surface area (Å²) in [5, 5.41) is 3.20. The Labute approximate surface area is 146 Å². The fraction of sp³-hybridized carbons (Fsp3) is 0.278. The van der Waals surface area contributed by atoms with E-state index in [2.05, 4.69) is 10.3 Å². The predicted octanol–water partition coefficient (Wildman–Crippen LogP) is 3.16. The van der Waals surface area contributed by atoms with Gasteiger partial charge in [-0.15, -0.1) is 0 Å². The Kier molecular flexibility index (Phi) is 4.76. The minimum atomic E-state index is -3.25. The van der Waals surface area contributed by atoms with Crippen molar-refractivity contribution in [1.29, 1.82) is 0 Å². The molecule has 132 valence electrons. The molecule has 0 fully saturated rings. The Balaban J connectivity index is 1.77. The normalized spacial score (nSPS) is 11.8. The second-order valence-corrected chi connectivity index (χ2v) is 8.06. The molecule has 0 saturated heterocycles. The molecule has 0 aliphatic heterocycles. The molecule has 5 nitrogen and oxygen atoms in total. The number of hydrogen-bond donors (Lipinski definition) is 1. The maximum absolute atomic E-state index is 13.4. The molecule has 0 aliphatic carbocycles. The highest BCUT2D eigenvalue weighted by Gasteiger charge is 2.16. The van der Waals surface area contributed by atoms with Gasteiger partial charge in [0.2, 0.25) is 5.95 Å². The van der Waals surface area contributed by atoms with Crippen LogP contribution in [0.5, 0.6) is 0 Å². The minimum absolute atomic E-state index is 0.0771. The Morgan fingerprint density at radius 2 is 1.96 bits per heavy atom. The molecule has 0 amide bonds. The largest absolute Gasteiger partial charge is 0.355 e. The first-order chi connectivity index (χ1) is 11.9. The van der Waals surface area contributed by atoms with Crippen molar-refractivity contribution in [3.8, 4) is 0 Å². The molecular formula is C18H20FN3O2S. The highest BCUT2D eigenvalue weighted by molar-refractivity contribution is 7.91. The van der Waals surface area contributed by atoms with Crippen LogP contribution >= 0.6 is 0 Å². The minimum Gasteiger partial charge on any atom is -0.355 e. The Hall–Kier alpha value is -2.41. The van der Waals surface area contributed by atoms with Crippen molar-refractivity contribution in [3.05, 3.63) is 53.8 Å². The number of nitrogens with one attached hydrogen (secondary N) is 1. The van der Waals surface area contributed by atoms with Crippen LogP contribution in [0.4, 0.5) is 10.3 Å². The molecule has 1 heterocycles. The monoisotopic (exact) mass is 361 g/mol. The Morgan fingerprint density at radius 1 is 1.20 bits per heavy atom. The number of fused-ring (bicyclic) bond motifs is 1. The van der Waals surface area contributed by atoms with Crippen molar-refractivity contribution < 1.29 is 12.8 Å². The fourth-order valence-corrected chi connectivity index (χ4v) is 3.97. The Bertz CT molecular complexity index is 1010. The summed E-state index contributed by atoms with van der Waals surface area (Å²) in [5.74, 6) is 0.394. The zero-order valence-corrected chi connectivity index (χ0v) is 15.0. The van der Waals surface area contributed by atoms with E-state index in [-0.39, 0.29) is 11.6 Å². The van der Waals surface area contributed by atoms with Crippen LogP contribution < -0.4 is 5.32 Å². The lowest BCUT2D eigenvalue weighted by atomic mass is 10.1. The van der Waals surface area contributed by atoms with E-state index in [0.717, 1.165) is 5.56 Å². The summed E-state index contributed by atoms with van der Waals surface area (Å²) in [6, 6.07) is 11.5. The van der Waals surface area contributed by atoms with Gasteiger partial charge in [0.05, 0.1) is 21.7 Å². The number of halogens is 1. The molecule has 25 heavy (non-hydrogen) atoms. The van der Waals surface area contributed by atoms with Crippen LogP contribution in [0.1, 0.15) is 12.5 Å². The molecular weight excluding hydrogens is 341 g/mol. The maximum Gasteiger partial charge on any atom is 0.203 e. The van der Waals surface area contributed by atoms with Gasteiger partial charge in [-0.1, -0.05) is 25.1 Å². The van der Waals surface area contributed by atoms with Crippen molar-refractivity contribution in [1.82, 2.24) is 9.55 Å². The van der Waals surface area contributed by atoms with Gasteiger partial charge in [-0.25, -0.2) is 17.8 Å². The van der Waals surface area contributed by atoms with Crippen LogP contribution in [-0.2, 0) is 23.3 Å². The van der Waals surface area contributed by atoms with Gasteiger partial charge in [-0.05, 0) is 36.2 Å². The lowest BCUT2D eigenvalue weighted by molar-refractivity contribution is 0.596. The van der Waals surface area contributed by atoms with Gasteiger partial charge in [-0.2, -0.15) is 0 Å². The molecule has 0 radical (unpaired) electrons. The van der Waals surface area contributed by atoms with Crippen LogP contribution in [0.3, 0.4) is 0 Å². The van der Waals surface area contributed by atoms with Gasteiger partial charge >= 0.3 is 0 Å². The molecule has 7 heteroatoms. The summed E-state index contributed by atoms with van der Waals surface area (Å²) in [5.41, 5.74) is 2.19. The molecule has 1 aromatic heterocycles. The summed E-state index contributed by atoms with van der Waals surface area (Å²) >= 11 is 0. The van der Waals surface area contributed by atoms with E-state index in [9.17, 15) is 12.8 Å². The second kappa shape index (κ2) is 6.84. The van der Waals surface area contributed by atoms with Crippen molar-refractivity contribution >= 4 is 26.8 Å². The molecule has 0 aliphatic rings. The lowest BCUT2D eigenvalue weighted by Gasteiger charge is -2.10. The summed E-state index contributed by atoms with van der Waals surface area (Å²) < 4.78 is 39.5. The molecule has 0 spiro atoms. The smallest absolute Gasteiger partial charge is 0.203 e. The number of sulfone groups is 1. The van der Waals surface area contributed by atoms with Crippen LogP contribution in [-0.4, -0.2) is 30.3 Å². The number of aryl methyl sites for hydroxylation is 1. The van der Waals surface area contributed by atoms with Gasteiger partial charge in [0.25, 0.3) is 0 Å². The molecule has 0 atom stereocenters. The van der Waals surface area contributed by atoms with Gasteiger partial charge in [0, 0.05) is 13.6 Å². The van der Waals surface area contributed by atoms with E-state index >= 15 is 0 Å². The fourth-order valence-electron chi connectivity index (χ4n) is 2.80. The molecule has 2 aromatic carbocycles. The van der Waals surface area contributed by atoms with E-state index in [1.807, 2.05) is 19.2 Å². The lowest BCUT2D eigenvalue weighted by Crippen LogP contribution is -2.12. The Morgan fingerprint density at radius 3 is 2.72 bits per heavy atom. The van der Waals surface area contributed by atoms with Crippen molar-refractivity contribution in [3.63, 3.8) is 0 Å². The van der Waals surface area contributed by atoms with Crippen molar-refractivity contribution in [2.45, 2.75) is 18.2 Å². The number of imidazole rings is 1.